The number of nitrogens with zero attached hydrogens (tertiary/aromatic N) is 1. The van der Waals surface area contributed by atoms with Crippen LogP contribution >= 0.6 is 0 Å². The molecule has 0 saturated heterocycles. The van der Waals surface area contributed by atoms with Gasteiger partial charge in [-0.15, -0.1) is 0 Å². The molecular formula is C11H15NO2. The number of aromatic nitrogens is 1. The Hall–Kier alpha value is -1.38. The first-order valence-corrected chi connectivity index (χ1v) is 4.72. The molecule has 1 rings (SSSR count). The predicted molar refractivity (Wildman–Crippen MR) is 54.3 cm³/mol. The summed E-state index contributed by atoms with van der Waals surface area (Å²) in [5, 5.41) is 0. The number of rotatable bonds is 5. The van der Waals surface area contributed by atoms with E-state index in [0.29, 0.717) is 18.9 Å². The van der Waals surface area contributed by atoms with Crippen molar-refractivity contribution in [3.63, 3.8) is 0 Å². The van der Waals surface area contributed by atoms with Crippen LogP contribution in [0, 0.1) is 5.92 Å². The standard InChI is InChI=1S/C11H15NO2/c1-9(2)8-14-11-5-10(3-4-13)6-12-7-11/h4-7,9H,3,8H2,1-2H3. The molecule has 0 aliphatic heterocycles. The van der Waals surface area contributed by atoms with Crippen molar-refractivity contribution in [1.29, 1.82) is 0 Å². The highest BCUT2D eigenvalue weighted by atomic mass is 16.5. The van der Waals surface area contributed by atoms with Crippen LogP contribution in [0.1, 0.15) is 19.4 Å². The van der Waals surface area contributed by atoms with Gasteiger partial charge in [0, 0.05) is 12.6 Å². The fraction of sp³-hybridized carbons (Fsp3) is 0.455. The topological polar surface area (TPSA) is 39.2 Å². The molecule has 14 heavy (non-hydrogen) atoms. The van der Waals surface area contributed by atoms with E-state index in [1.165, 1.54) is 0 Å². The molecule has 0 radical (unpaired) electrons. The number of aldehydes is 1. The molecule has 0 N–H and O–H groups in total. The molecule has 0 amide bonds. The second kappa shape index (κ2) is 5.37. The molecule has 0 aliphatic rings. The Morgan fingerprint density at radius 2 is 2.29 bits per heavy atom. The van der Waals surface area contributed by atoms with Gasteiger partial charge in [-0.2, -0.15) is 0 Å². The minimum absolute atomic E-state index is 0.395. The monoisotopic (exact) mass is 193 g/mol. The smallest absolute Gasteiger partial charge is 0.137 e. The number of ether oxygens (including phenoxy) is 1. The molecule has 1 aromatic rings. The maximum atomic E-state index is 10.3. The fourth-order valence-corrected chi connectivity index (χ4v) is 1.01. The first kappa shape index (κ1) is 10.7. The van der Waals surface area contributed by atoms with Crippen LogP contribution < -0.4 is 4.74 Å². The molecule has 3 heteroatoms. The molecule has 0 saturated carbocycles. The van der Waals surface area contributed by atoms with E-state index < -0.39 is 0 Å². The normalized spacial score (nSPS) is 10.2. The van der Waals surface area contributed by atoms with Crippen molar-refractivity contribution >= 4 is 6.29 Å². The zero-order valence-corrected chi connectivity index (χ0v) is 8.56. The van der Waals surface area contributed by atoms with Gasteiger partial charge in [0.2, 0.25) is 0 Å². The molecule has 0 unspecified atom stereocenters. The van der Waals surface area contributed by atoms with Crippen LogP contribution in [0.2, 0.25) is 0 Å². The molecule has 0 bridgehead atoms. The highest BCUT2D eigenvalue weighted by molar-refractivity contribution is 5.54. The SMILES string of the molecule is CC(C)COc1cncc(CC=O)c1. The summed E-state index contributed by atoms with van der Waals surface area (Å²) in [4.78, 5) is 14.3. The zero-order valence-electron chi connectivity index (χ0n) is 8.56. The first-order valence-electron chi connectivity index (χ1n) is 4.72. The molecule has 1 heterocycles. The average molecular weight is 193 g/mol. The Bertz CT molecular complexity index is 297. The Morgan fingerprint density at radius 3 is 2.93 bits per heavy atom. The van der Waals surface area contributed by atoms with E-state index in [0.717, 1.165) is 17.6 Å². The predicted octanol–water partition coefficient (Wildman–Crippen LogP) is 1.86. The second-order valence-corrected chi connectivity index (χ2v) is 3.60. The Balaban J connectivity index is 2.58. The summed E-state index contributed by atoms with van der Waals surface area (Å²) >= 11 is 0. The van der Waals surface area contributed by atoms with Gasteiger partial charge in [0.05, 0.1) is 12.8 Å². The number of pyridine rings is 1. The number of hydrogen-bond acceptors (Lipinski definition) is 3. The lowest BCUT2D eigenvalue weighted by Crippen LogP contribution is -2.05. The number of carbonyl (C=O) groups excluding carboxylic acids is 1. The lowest BCUT2D eigenvalue weighted by Gasteiger charge is -2.08. The summed E-state index contributed by atoms with van der Waals surface area (Å²) in [6, 6.07) is 1.85. The van der Waals surface area contributed by atoms with Crippen LogP contribution in [0.3, 0.4) is 0 Å². The molecule has 0 aromatic carbocycles. The second-order valence-electron chi connectivity index (χ2n) is 3.60. The summed E-state index contributed by atoms with van der Waals surface area (Å²) in [5.41, 5.74) is 0.890. The van der Waals surface area contributed by atoms with Gasteiger partial charge in [-0.1, -0.05) is 13.8 Å². The van der Waals surface area contributed by atoms with Crippen molar-refractivity contribution in [3.8, 4) is 5.75 Å². The molecule has 0 spiro atoms. The van der Waals surface area contributed by atoms with Crippen molar-refractivity contribution in [2.75, 3.05) is 6.61 Å². The molecule has 76 valence electrons. The summed E-state index contributed by atoms with van der Waals surface area (Å²) < 4.78 is 5.48. The third-order valence-electron chi connectivity index (χ3n) is 1.67. The number of carbonyl (C=O) groups is 1. The van der Waals surface area contributed by atoms with E-state index in [9.17, 15) is 4.79 Å². The van der Waals surface area contributed by atoms with E-state index >= 15 is 0 Å². The Labute approximate surface area is 84.1 Å². The highest BCUT2D eigenvalue weighted by Crippen LogP contribution is 2.12. The summed E-state index contributed by atoms with van der Waals surface area (Å²) in [5.74, 6) is 1.22. The van der Waals surface area contributed by atoms with Crippen LogP contribution in [0.4, 0.5) is 0 Å². The highest BCUT2D eigenvalue weighted by Gasteiger charge is 1.99. The van der Waals surface area contributed by atoms with Crippen molar-refractivity contribution in [1.82, 2.24) is 4.98 Å². The maximum absolute atomic E-state index is 10.3. The van der Waals surface area contributed by atoms with Crippen molar-refractivity contribution in [2.45, 2.75) is 20.3 Å². The minimum Gasteiger partial charge on any atom is -0.492 e. The van der Waals surface area contributed by atoms with E-state index in [4.69, 9.17) is 4.74 Å². The van der Waals surface area contributed by atoms with Gasteiger partial charge < -0.3 is 9.53 Å². The lowest BCUT2D eigenvalue weighted by atomic mass is 10.2. The summed E-state index contributed by atoms with van der Waals surface area (Å²) in [7, 11) is 0. The zero-order chi connectivity index (χ0) is 10.4. The van der Waals surface area contributed by atoms with Crippen LogP contribution in [-0.2, 0) is 11.2 Å². The third kappa shape index (κ3) is 3.56. The molecule has 1 aromatic heterocycles. The van der Waals surface area contributed by atoms with E-state index in [1.807, 2.05) is 6.07 Å². The van der Waals surface area contributed by atoms with Gasteiger partial charge in [0.25, 0.3) is 0 Å². The van der Waals surface area contributed by atoms with Gasteiger partial charge >= 0.3 is 0 Å². The molecular weight excluding hydrogens is 178 g/mol. The van der Waals surface area contributed by atoms with Gasteiger partial charge in [0.15, 0.2) is 0 Å². The van der Waals surface area contributed by atoms with E-state index in [2.05, 4.69) is 18.8 Å². The van der Waals surface area contributed by atoms with Gasteiger partial charge in [-0.25, -0.2) is 0 Å². The largest absolute Gasteiger partial charge is 0.492 e. The maximum Gasteiger partial charge on any atom is 0.137 e. The van der Waals surface area contributed by atoms with Crippen molar-refractivity contribution < 1.29 is 9.53 Å². The van der Waals surface area contributed by atoms with Crippen LogP contribution in [0.15, 0.2) is 18.5 Å². The van der Waals surface area contributed by atoms with E-state index in [1.54, 1.807) is 12.4 Å². The molecule has 0 fully saturated rings. The van der Waals surface area contributed by atoms with Crippen LogP contribution in [0.5, 0.6) is 5.75 Å². The molecule has 0 atom stereocenters. The molecule has 3 nitrogen and oxygen atoms in total. The van der Waals surface area contributed by atoms with E-state index in [-0.39, 0.29) is 0 Å². The quantitative estimate of drug-likeness (QED) is 0.670. The average Bonchev–Trinajstić information content (AvgIpc) is 2.16. The Kier molecular flexibility index (Phi) is 4.11. The Morgan fingerprint density at radius 1 is 1.50 bits per heavy atom. The van der Waals surface area contributed by atoms with Crippen molar-refractivity contribution in [3.05, 3.63) is 24.0 Å². The summed E-state index contributed by atoms with van der Waals surface area (Å²) in [6.45, 7) is 4.84. The van der Waals surface area contributed by atoms with Gasteiger partial charge in [-0.05, 0) is 17.5 Å². The minimum atomic E-state index is 0.395. The van der Waals surface area contributed by atoms with Crippen LogP contribution in [-0.4, -0.2) is 17.9 Å². The van der Waals surface area contributed by atoms with Gasteiger partial charge in [0.1, 0.15) is 12.0 Å². The van der Waals surface area contributed by atoms with Gasteiger partial charge in [-0.3, -0.25) is 4.98 Å². The number of hydrogen-bond donors (Lipinski definition) is 0. The van der Waals surface area contributed by atoms with Crippen molar-refractivity contribution in [2.24, 2.45) is 5.92 Å². The molecule has 0 aliphatic carbocycles. The fourth-order valence-electron chi connectivity index (χ4n) is 1.01. The summed E-state index contributed by atoms with van der Waals surface area (Å²) in [6.07, 6.45) is 4.60. The lowest BCUT2D eigenvalue weighted by molar-refractivity contribution is -0.107. The first-order chi connectivity index (χ1) is 6.72. The third-order valence-corrected chi connectivity index (χ3v) is 1.67. The van der Waals surface area contributed by atoms with Crippen LogP contribution in [0.25, 0.3) is 0 Å².